The molecule has 1 aliphatic heterocycles. The third-order valence-corrected chi connectivity index (χ3v) is 4.06. The van der Waals surface area contributed by atoms with Crippen LogP contribution in [-0.2, 0) is 9.53 Å². The molecular weight excluding hydrogens is 370 g/mol. The molecule has 6 nitrogen and oxygen atoms in total. The van der Waals surface area contributed by atoms with Crippen molar-refractivity contribution in [2.75, 3.05) is 13.4 Å². The van der Waals surface area contributed by atoms with E-state index >= 15 is 0 Å². The van der Waals surface area contributed by atoms with Crippen LogP contribution in [0.4, 0.5) is 0 Å². The fraction of sp³-hybridized carbons (Fsp3) is 0.200. The maximum absolute atomic E-state index is 12.5. The second-order valence-electron chi connectivity index (χ2n) is 5.74. The largest absolute Gasteiger partial charge is 0.461 e. The number of carbonyl (C=O) groups excluding carboxylic acids is 2. The van der Waals surface area contributed by atoms with E-state index in [1.165, 1.54) is 6.08 Å². The molecule has 0 aliphatic carbocycles. The number of ether oxygens (including phenoxy) is 3. The summed E-state index contributed by atoms with van der Waals surface area (Å²) in [5, 5.41) is 2.88. The standard InChI is InChI=1S/C20H18ClNO5/c1-2-9-25-20(24)16(22-19(23)14-5-3-4-6-15(14)21)10-13-7-8-17-18(11-13)27-12-26-17/h3-8,10-11H,2,9,12H2,1H3,(H,22,23)/b16-10-. The smallest absolute Gasteiger partial charge is 0.354 e. The number of halogens is 1. The highest BCUT2D eigenvalue weighted by Gasteiger charge is 2.19. The van der Waals surface area contributed by atoms with Gasteiger partial charge in [-0.15, -0.1) is 0 Å². The van der Waals surface area contributed by atoms with Crippen LogP contribution in [0.15, 0.2) is 48.2 Å². The van der Waals surface area contributed by atoms with Crippen LogP contribution in [-0.4, -0.2) is 25.3 Å². The zero-order chi connectivity index (χ0) is 19.2. The first kappa shape index (κ1) is 18.8. The first-order valence-corrected chi connectivity index (χ1v) is 8.80. The van der Waals surface area contributed by atoms with Crippen LogP contribution in [0.1, 0.15) is 29.3 Å². The van der Waals surface area contributed by atoms with Gasteiger partial charge in [-0.25, -0.2) is 4.79 Å². The molecule has 0 saturated carbocycles. The third kappa shape index (κ3) is 4.60. The Bertz CT molecular complexity index is 894. The van der Waals surface area contributed by atoms with E-state index < -0.39 is 11.9 Å². The highest BCUT2D eigenvalue weighted by molar-refractivity contribution is 6.34. The van der Waals surface area contributed by atoms with Crippen molar-refractivity contribution >= 4 is 29.6 Å². The second kappa shape index (κ2) is 8.60. The van der Waals surface area contributed by atoms with E-state index in [1.54, 1.807) is 42.5 Å². The molecule has 7 heteroatoms. The number of rotatable bonds is 6. The monoisotopic (exact) mass is 387 g/mol. The van der Waals surface area contributed by atoms with Crippen LogP contribution < -0.4 is 14.8 Å². The average Bonchev–Trinajstić information content (AvgIpc) is 3.13. The van der Waals surface area contributed by atoms with Gasteiger partial charge in [0.1, 0.15) is 5.70 Å². The quantitative estimate of drug-likeness (QED) is 0.603. The van der Waals surface area contributed by atoms with E-state index in [-0.39, 0.29) is 24.7 Å². The lowest BCUT2D eigenvalue weighted by Gasteiger charge is -2.11. The van der Waals surface area contributed by atoms with Gasteiger partial charge in [-0.1, -0.05) is 36.7 Å². The summed E-state index contributed by atoms with van der Waals surface area (Å²) in [6.07, 6.45) is 2.19. The summed E-state index contributed by atoms with van der Waals surface area (Å²) in [6.45, 7) is 2.28. The number of benzene rings is 2. The van der Waals surface area contributed by atoms with E-state index in [0.717, 1.165) is 0 Å². The molecule has 1 aliphatic rings. The minimum absolute atomic E-state index is 0.00670. The molecule has 0 aromatic heterocycles. The number of amides is 1. The minimum atomic E-state index is -0.630. The molecule has 27 heavy (non-hydrogen) atoms. The summed E-state index contributed by atoms with van der Waals surface area (Å²) < 4.78 is 15.8. The second-order valence-corrected chi connectivity index (χ2v) is 6.15. The Morgan fingerprint density at radius 1 is 1.19 bits per heavy atom. The predicted molar refractivity (Wildman–Crippen MR) is 101 cm³/mol. The molecule has 1 heterocycles. The Labute approximate surface area is 161 Å². The Morgan fingerprint density at radius 2 is 1.96 bits per heavy atom. The van der Waals surface area contributed by atoms with E-state index in [2.05, 4.69) is 5.32 Å². The van der Waals surface area contributed by atoms with Crippen molar-refractivity contribution in [2.24, 2.45) is 0 Å². The van der Waals surface area contributed by atoms with Crippen molar-refractivity contribution in [1.82, 2.24) is 5.32 Å². The number of fused-ring (bicyclic) bond motifs is 1. The van der Waals surface area contributed by atoms with Gasteiger partial charge in [0.15, 0.2) is 11.5 Å². The molecule has 0 saturated heterocycles. The summed E-state index contributed by atoms with van der Waals surface area (Å²) >= 11 is 6.06. The fourth-order valence-corrected chi connectivity index (χ4v) is 2.64. The van der Waals surface area contributed by atoms with Gasteiger partial charge in [0.25, 0.3) is 5.91 Å². The van der Waals surface area contributed by atoms with Crippen LogP contribution in [0.2, 0.25) is 5.02 Å². The highest BCUT2D eigenvalue weighted by Crippen LogP contribution is 2.33. The van der Waals surface area contributed by atoms with E-state index in [4.69, 9.17) is 25.8 Å². The summed E-state index contributed by atoms with van der Waals surface area (Å²) in [6, 6.07) is 11.8. The Kier molecular flexibility index (Phi) is 5.98. The molecule has 2 aromatic carbocycles. The summed E-state index contributed by atoms with van der Waals surface area (Å²) in [5.41, 5.74) is 0.924. The van der Waals surface area contributed by atoms with Gasteiger partial charge in [0, 0.05) is 0 Å². The topological polar surface area (TPSA) is 73.9 Å². The van der Waals surface area contributed by atoms with Crippen molar-refractivity contribution in [3.8, 4) is 11.5 Å². The van der Waals surface area contributed by atoms with Gasteiger partial charge in [-0.3, -0.25) is 4.79 Å². The van der Waals surface area contributed by atoms with Crippen LogP contribution in [0.25, 0.3) is 6.08 Å². The Balaban J connectivity index is 1.87. The molecule has 1 N–H and O–H groups in total. The predicted octanol–water partition coefficient (Wildman–Crippen LogP) is 3.79. The van der Waals surface area contributed by atoms with E-state index in [0.29, 0.717) is 28.5 Å². The summed E-state index contributed by atoms with van der Waals surface area (Å²) in [4.78, 5) is 24.9. The summed E-state index contributed by atoms with van der Waals surface area (Å²) in [7, 11) is 0. The van der Waals surface area contributed by atoms with Crippen molar-refractivity contribution in [1.29, 1.82) is 0 Å². The minimum Gasteiger partial charge on any atom is -0.461 e. The maximum atomic E-state index is 12.5. The Morgan fingerprint density at radius 3 is 2.74 bits per heavy atom. The maximum Gasteiger partial charge on any atom is 0.354 e. The van der Waals surface area contributed by atoms with Crippen molar-refractivity contribution in [2.45, 2.75) is 13.3 Å². The van der Waals surface area contributed by atoms with Gasteiger partial charge in [0.05, 0.1) is 17.2 Å². The first-order chi connectivity index (χ1) is 13.1. The summed E-state index contributed by atoms with van der Waals surface area (Å²) in [5.74, 6) is 0.0702. The van der Waals surface area contributed by atoms with Gasteiger partial charge in [-0.05, 0) is 42.3 Å². The number of esters is 1. The molecule has 0 spiro atoms. The van der Waals surface area contributed by atoms with Crippen LogP contribution in [0.3, 0.4) is 0 Å². The number of hydrogen-bond donors (Lipinski definition) is 1. The number of nitrogens with one attached hydrogen (secondary N) is 1. The van der Waals surface area contributed by atoms with Gasteiger partial charge >= 0.3 is 5.97 Å². The molecular formula is C20H18ClNO5. The molecule has 0 fully saturated rings. The molecule has 0 radical (unpaired) electrons. The molecule has 2 aromatic rings. The van der Waals surface area contributed by atoms with Gasteiger partial charge in [-0.2, -0.15) is 0 Å². The lowest BCUT2D eigenvalue weighted by Crippen LogP contribution is -2.28. The lowest BCUT2D eigenvalue weighted by atomic mass is 10.1. The van der Waals surface area contributed by atoms with Gasteiger partial charge < -0.3 is 19.5 Å². The van der Waals surface area contributed by atoms with E-state index in [9.17, 15) is 9.59 Å². The Hall–Kier alpha value is -2.99. The third-order valence-electron chi connectivity index (χ3n) is 3.73. The van der Waals surface area contributed by atoms with E-state index in [1.807, 2.05) is 6.92 Å². The van der Waals surface area contributed by atoms with Crippen molar-refractivity contribution < 1.29 is 23.8 Å². The van der Waals surface area contributed by atoms with Gasteiger partial charge in [0.2, 0.25) is 6.79 Å². The number of carbonyl (C=O) groups is 2. The SMILES string of the molecule is CCCOC(=O)/C(=C/c1ccc2c(c1)OCO2)NC(=O)c1ccccc1Cl. The molecule has 0 unspecified atom stereocenters. The molecule has 0 atom stereocenters. The van der Waals surface area contributed by atoms with Crippen LogP contribution in [0, 0.1) is 0 Å². The first-order valence-electron chi connectivity index (χ1n) is 8.43. The molecule has 0 bridgehead atoms. The zero-order valence-electron chi connectivity index (χ0n) is 14.7. The van der Waals surface area contributed by atoms with Crippen LogP contribution in [0.5, 0.6) is 11.5 Å². The fourth-order valence-electron chi connectivity index (χ4n) is 2.42. The lowest BCUT2D eigenvalue weighted by molar-refractivity contribution is -0.139. The average molecular weight is 388 g/mol. The number of hydrogen-bond acceptors (Lipinski definition) is 5. The zero-order valence-corrected chi connectivity index (χ0v) is 15.4. The van der Waals surface area contributed by atoms with Crippen molar-refractivity contribution in [3.63, 3.8) is 0 Å². The molecule has 1 amide bonds. The molecule has 3 rings (SSSR count). The normalized spacial score (nSPS) is 12.6. The highest BCUT2D eigenvalue weighted by atomic mass is 35.5. The molecule has 140 valence electrons. The van der Waals surface area contributed by atoms with Crippen molar-refractivity contribution in [3.05, 3.63) is 64.3 Å². The van der Waals surface area contributed by atoms with Crippen LogP contribution >= 0.6 is 11.6 Å².